The largest absolute Gasteiger partial charge is 0.481 e. The number of amides is 1. The van der Waals surface area contributed by atoms with Crippen LogP contribution in [-0.4, -0.2) is 23.0 Å². The van der Waals surface area contributed by atoms with Gasteiger partial charge in [0.2, 0.25) is 5.91 Å². The van der Waals surface area contributed by atoms with E-state index in [1.165, 1.54) is 0 Å². The first kappa shape index (κ1) is 15.2. The molecule has 1 aromatic rings. The van der Waals surface area contributed by atoms with E-state index < -0.39 is 12.0 Å². The maximum atomic E-state index is 11.8. The third kappa shape index (κ3) is 4.71. The normalized spacial score (nSPS) is 13.6. The highest BCUT2D eigenvalue weighted by Crippen LogP contribution is 2.12. The number of carboxylic acids is 1. The molecule has 0 saturated heterocycles. The minimum absolute atomic E-state index is 0.0272. The lowest BCUT2D eigenvalue weighted by atomic mass is 9.99. The number of hydrogen-bond acceptors (Lipinski definition) is 3. The summed E-state index contributed by atoms with van der Waals surface area (Å²) in [6, 6.07) is 6.18. The molecule has 0 aromatic heterocycles. The number of carbonyl (C=O) groups is 2. The lowest BCUT2D eigenvalue weighted by Gasteiger charge is -2.17. The molecule has 0 aliphatic heterocycles. The molecule has 1 rings (SSSR count). The molecule has 1 aromatic carbocycles. The van der Waals surface area contributed by atoms with Crippen LogP contribution in [0.1, 0.15) is 25.8 Å². The van der Waals surface area contributed by atoms with Gasteiger partial charge < -0.3 is 16.2 Å². The zero-order chi connectivity index (χ0) is 14.4. The van der Waals surface area contributed by atoms with Gasteiger partial charge in [-0.25, -0.2) is 0 Å². The second-order valence-electron chi connectivity index (χ2n) is 4.67. The van der Waals surface area contributed by atoms with Crippen LogP contribution in [0.5, 0.6) is 0 Å². The maximum Gasteiger partial charge on any atom is 0.307 e. The minimum atomic E-state index is -0.879. The molecule has 5 heteroatoms. The number of anilines is 1. The van der Waals surface area contributed by atoms with Gasteiger partial charge in [-0.2, -0.15) is 0 Å². The first-order chi connectivity index (χ1) is 8.93. The summed E-state index contributed by atoms with van der Waals surface area (Å²) in [5.41, 5.74) is 7.14. The van der Waals surface area contributed by atoms with Crippen LogP contribution < -0.4 is 11.1 Å². The minimum Gasteiger partial charge on any atom is -0.481 e. The second kappa shape index (κ2) is 6.89. The van der Waals surface area contributed by atoms with Crippen molar-refractivity contribution in [2.45, 2.75) is 32.7 Å². The fourth-order valence-electron chi connectivity index (χ4n) is 1.62. The number of aliphatic carboxylic acids is 1. The summed E-state index contributed by atoms with van der Waals surface area (Å²) in [5, 5.41) is 11.4. The van der Waals surface area contributed by atoms with Crippen molar-refractivity contribution in [3.8, 4) is 0 Å². The highest BCUT2D eigenvalue weighted by atomic mass is 16.4. The summed E-state index contributed by atoms with van der Waals surface area (Å²) in [7, 11) is 0. The van der Waals surface area contributed by atoms with Crippen LogP contribution in [-0.2, 0) is 16.0 Å². The van der Waals surface area contributed by atoms with Gasteiger partial charge in [0.15, 0.2) is 0 Å². The fraction of sp³-hybridized carbons (Fsp3) is 0.429. The summed E-state index contributed by atoms with van der Waals surface area (Å²) in [6.07, 6.45) is 0.812. The highest BCUT2D eigenvalue weighted by molar-refractivity contribution is 5.94. The summed E-state index contributed by atoms with van der Waals surface area (Å²) in [5.74, 6) is -0.984. The molecule has 4 N–H and O–H groups in total. The molecule has 2 unspecified atom stereocenters. The molecule has 0 spiro atoms. The zero-order valence-corrected chi connectivity index (χ0v) is 11.2. The van der Waals surface area contributed by atoms with Gasteiger partial charge in [-0.3, -0.25) is 9.59 Å². The average molecular weight is 264 g/mol. The quantitative estimate of drug-likeness (QED) is 0.728. The second-order valence-corrected chi connectivity index (χ2v) is 4.67. The first-order valence-corrected chi connectivity index (χ1v) is 6.31. The number of benzene rings is 1. The van der Waals surface area contributed by atoms with Crippen molar-refractivity contribution in [2.75, 3.05) is 5.32 Å². The van der Waals surface area contributed by atoms with Gasteiger partial charge in [0.05, 0.1) is 12.5 Å². The van der Waals surface area contributed by atoms with Gasteiger partial charge in [0.25, 0.3) is 0 Å². The number of carboxylic acid groups (broad SMARTS) is 1. The van der Waals surface area contributed by atoms with Crippen molar-refractivity contribution in [1.29, 1.82) is 0 Å². The van der Waals surface area contributed by atoms with Crippen LogP contribution in [0.25, 0.3) is 0 Å². The van der Waals surface area contributed by atoms with Crippen LogP contribution in [0.2, 0.25) is 0 Å². The van der Waals surface area contributed by atoms with E-state index >= 15 is 0 Å². The molecule has 2 atom stereocenters. The summed E-state index contributed by atoms with van der Waals surface area (Å²) in [6.45, 7) is 3.92. The van der Waals surface area contributed by atoms with Crippen LogP contribution >= 0.6 is 0 Å². The van der Waals surface area contributed by atoms with Crippen molar-refractivity contribution < 1.29 is 14.7 Å². The molecule has 0 saturated carbocycles. The number of nitrogens with one attached hydrogen (secondary N) is 1. The number of hydrogen-bond donors (Lipinski definition) is 3. The SMILES string of the molecule is CCC(C)C(N)C(=O)Nc1ccc(CC(=O)O)cc1. The van der Waals surface area contributed by atoms with Crippen molar-refractivity contribution in [1.82, 2.24) is 0 Å². The third-order valence-corrected chi connectivity index (χ3v) is 3.14. The van der Waals surface area contributed by atoms with Crippen LogP contribution in [0.3, 0.4) is 0 Å². The van der Waals surface area contributed by atoms with E-state index in [4.69, 9.17) is 10.8 Å². The average Bonchev–Trinajstić information content (AvgIpc) is 2.38. The molecule has 0 radical (unpaired) electrons. The molecule has 0 aliphatic carbocycles. The molecular weight excluding hydrogens is 244 g/mol. The van der Waals surface area contributed by atoms with Crippen molar-refractivity contribution in [3.05, 3.63) is 29.8 Å². The third-order valence-electron chi connectivity index (χ3n) is 3.14. The molecule has 0 heterocycles. The predicted octanol–water partition coefficient (Wildman–Crippen LogP) is 1.63. The van der Waals surface area contributed by atoms with Crippen molar-refractivity contribution in [2.24, 2.45) is 11.7 Å². The zero-order valence-electron chi connectivity index (χ0n) is 11.2. The van der Waals surface area contributed by atoms with Crippen molar-refractivity contribution in [3.63, 3.8) is 0 Å². The Hall–Kier alpha value is -1.88. The number of carbonyl (C=O) groups excluding carboxylic acids is 1. The molecular formula is C14H20N2O3. The van der Waals surface area contributed by atoms with Gasteiger partial charge >= 0.3 is 5.97 Å². The van der Waals surface area contributed by atoms with Crippen LogP contribution in [0.15, 0.2) is 24.3 Å². The van der Waals surface area contributed by atoms with Gasteiger partial charge in [-0.1, -0.05) is 32.4 Å². The van der Waals surface area contributed by atoms with Crippen LogP contribution in [0, 0.1) is 5.92 Å². The number of nitrogens with two attached hydrogens (primary N) is 1. The van der Waals surface area contributed by atoms with Gasteiger partial charge in [0.1, 0.15) is 0 Å². The first-order valence-electron chi connectivity index (χ1n) is 6.31. The van der Waals surface area contributed by atoms with E-state index in [0.29, 0.717) is 11.3 Å². The highest BCUT2D eigenvalue weighted by Gasteiger charge is 2.19. The Kier molecular flexibility index (Phi) is 5.51. The lowest BCUT2D eigenvalue weighted by Crippen LogP contribution is -2.40. The van der Waals surface area contributed by atoms with Gasteiger partial charge in [0, 0.05) is 5.69 Å². The summed E-state index contributed by atoms with van der Waals surface area (Å²) >= 11 is 0. The molecule has 19 heavy (non-hydrogen) atoms. The van der Waals surface area contributed by atoms with E-state index in [1.54, 1.807) is 24.3 Å². The van der Waals surface area contributed by atoms with E-state index in [2.05, 4.69) is 5.32 Å². The topological polar surface area (TPSA) is 92.4 Å². The molecule has 0 fully saturated rings. The van der Waals surface area contributed by atoms with Crippen molar-refractivity contribution >= 4 is 17.6 Å². The Balaban J connectivity index is 2.62. The lowest BCUT2D eigenvalue weighted by molar-refractivity contribution is -0.136. The maximum absolute atomic E-state index is 11.8. The Morgan fingerprint density at radius 2 is 1.89 bits per heavy atom. The standard InChI is InChI=1S/C14H20N2O3/c1-3-9(2)13(15)14(19)16-11-6-4-10(5-7-11)8-12(17)18/h4-7,9,13H,3,8,15H2,1-2H3,(H,16,19)(H,17,18). The predicted molar refractivity (Wildman–Crippen MR) is 73.8 cm³/mol. The number of rotatable bonds is 6. The summed E-state index contributed by atoms with van der Waals surface area (Å²) < 4.78 is 0. The molecule has 0 aliphatic rings. The Morgan fingerprint density at radius 1 is 1.32 bits per heavy atom. The van der Waals surface area contributed by atoms with E-state index in [9.17, 15) is 9.59 Å². The Morgan fingerprint density at radius 3 is 2.37 bits per heavy atom. The van der Waals surface area contributed by atoms with Crippen LogP contribution in [0.4, 0.5) is 5.69 Å². The molecule has 1 amide bonds. The van der Waals surface area contributed by atoms with Gasteiger partial charge in [-0.05, 0) is 23.6 Å². The smallest absolute Gasteiger partial charge is 0.307 e. The molecule has 5 nitrogen and oxygen atoms in total. The van der Waals surface area contributed by atoms with E-state index in [-0.39, 0.29) is 18.2 Å². The van der Waals surface area contributed by atoms with E-state index in [1.807, 2.05) is 13.8 Å². The monoisotopic (exact) mass is 264 g/mol. The molecule has 104 valence electrons. The fourth-order valence-corrected chi connectivity index (χ4v) is 1.62. The Bertz CT molecular complexity index is 443. The molecule has 0 bridgehead atoms. The summed E-state index contributed by atoms with van der Waals surface area (Å²) in [4.78, 5) is 22.4. The Labute approximate surface area is 112 Å². The van der Waals surface area contributed by atoms with E-state index in [0.717, 1.165) is 6.42 Å². The van der Waals surface area contributed by atoms with Gasteiger partial charge in [-0.15, -0.1) is 0 Å².